The third-order valence-corrected chi connectivity index (χ3v) is 3.76. The summed E-state index contributed by atoms with van der Waals surface area (Å²) in [6.45, 7) is 2.53. The predicted octanol–water partition coefficient (Wildman–Crippen LogP) is 2.42. The van der Waals surface area contributed by atoms with E-state index in [4.69, 9.17) is 10.5 Å². The fourth-order valence-electron chi connectivity index (χ4n) is 2.53. The summed E-state index contributed by atoms with van der Waals surface area (Å²) in [5.74, 6) is -0.851. The molecule has 4 nitrogen and oxygen atoms in total. The lowest BCUT2D eigenvalue weighted by Crippen LogP contribution is -2.26. The highest BCUT2D eigenvalue weighted by Gasteiger charge is 2.29. The smallest absolute Gasteiger partial charge is 0.306 e. The molecule has 2 rings (SSSR count). The largest absolute Gasteiger partial charge is 0.481 e. The van der Waals surface area contributed by atoms with Crippen LogP contribution in [0.25, 0.3) is 0 Å². The Kier molecular flexibility index (Phi) is 4.32. The number of rotatable bonds is 5. The van der Waals surface area contributed by atoms with Gasteiger partial charge in [0.2, 0.25) is 0 Å². The Balaban J connectivity index is 1.83. The Labute approximate surface area is 113 Å². The first-order chi connectivity index (χ1) is 9.06. The summed E-state index contributed by atoms with van der Waals surface area (Å²) in [5.41, 5.74) is 2.68. The van der Waals surface area contributed by atoms with E-state index in [9.17, 15) is 4.79 Å². The first-order valence-corrected chi connectivity index (χ1v) is 6.67. The summed E-state index contributed by atoms with van der Waals surface area (Å²) in [4.78, 5) is 10.9. The quantitative estimate of drug-likeness (QED) is 0.712. The van der Waals surface area contributed by atoms with E-state index in [0.29, 0.717) is 11.8 Å². The molecule has 1 aromatic rings. The molecule has 1 saturated carbocycles. The Morgan fingerprint density at radius 3 is 2.58 bits per heavy atom. The van der Waals surface area contributed by atoms with Crippen molar-refractivity contribution in [2.75, 3.05) is 0 Å². The van der Waals surface area contributed by atoms with Crippen LogP contribution in [0, 0.1) is 11.3 Å². The summed E-state index contributed by atoms with van der Waals surface area (Å²) in [6.07, 6.45) is 2.45. The highest BCUT2D eigenvalue weighted by atomic mass is 16.4. The molecule has 0 bridgehead atoms. The van der Waals surface area contributed by atoms with Gasteiger partial charge in [-0.15, -0.1) is 0 Å². The van der Waals surface area contributed by atoms with Crippen molar-refractivity contribution in [2.24, 2.45) is 5.92 Å². The number of aliphatic carboxylic acids is 1. The van der Waals surface area contributed by atoms with Gasteiger partial charge in [0.05, 0.1) is 5.92 Å². The van der Waals surface area contributed by atoms with Gasteiger partial charge < -0.3 is 15.8 Å². The lowest BCUT2D eigenvalue weighted by Gasteiger charge is -2.12. The molecule has 1 aliphatic carbocycles. The molecular formula is C15H20N2O2. The first kappa shape index (κ1) is 13.7. The van der Waals surface area contributed by atoms with Crippen LogP contribution in [0.15, 0.2) is 24.3 Å². The summed E-state index contributed by atoms with van der Waals surface area (Å²) in [6, 6.07) is 8.25. The van der Waals surface area contributed by atoms with Gasteiger partial charge in [0.15, 0.2) is 0 Å². The maximum Gasteiger partial charge on any atom is 0.306 e. The van der Waals surface area contributed by atoms with Gasteiger partial charge in [-0.05, 0) is 37.3 Å². The summed E-state index contributed by atoms with van der Waals surface area (Å²) in [5, 5.41) is 19.9. The van der Waals surface area contributed by atoms with Crippen LogP contribution in [0.3, 0.4) is 0 Å². The molecule has 1 aliphatic rings. The standard InChI is InChI=1S/C15H20N2O2/c1-10(16)12-4-2-11(3-5-12)9-17-14-7-6-13(8-14)15(18)19/h2-5,13-14,16-17H,6-9H2,1H3,(H,18,19). The lowest BCUT2D eigenvalue weighted by atomic mass is 10.1. The van der Waals surface area contributed by atoms with E-state index in [0.717, 1.165) is 31.4 Å². The van der Waals surface area contributed by atoms with Crippen molar-refractivity contribution in [3.63, 3.8) is 0 Å². The van der Waals surface area contributed by atoms with Crippen LogP contribution in [0.5, 0.6) is 0 Å². The van der Waals surface area contributed by atoms with Crippen LogP contribution in [-0.2, 0) is 11.3 Å². The van der Waals surface area contributed by atoms with Crippen LogP contribution >= 0.6 is 0 Å². The number of benzene rings is 1. The van der Waals surface area contributed by atoms with Crippen molar-refractivity contribution in [3.8, 4) is 0 Å². The fraction of sp³-hybridized carbons (Fsp3) is 0.467. The van der Waals surface area contributed by atoms with Gasteiger partial charge in [0, 0.05) is 18.3 Å². The highest BCUT2D eigenvalue weighted by Crippen LogP contribution is 2.25. The second kappa shape index (κ2) is 5.97. The second-order valence-corrected chi connectivity index (χ2v) is 5.25. The van der Waals surface area contributed by atoms with E-state index in [1.807, 2.05) is 24.3 Å². The van der Waals surface area contributed by atoms with Crippen molar-refractivity contribution in [3.05, 3.63) is 35.4 Å². The van der Waals surface area contributed by atoms with Gasteiger partial charge in [0.25, 0.3) is 0 Å². The monoisotopic (exact) mass is 260 g/mol. The van der Waals surface area contributed by atoms with Gasteiger partial charge >= 0.3 is 5.97 Å². The summed E-state index contributed by atoms with van der Waals surface area (Å²) >= 11 is 0. The van der Waals surface area contributed by atoms with Gasteiger partial charge in [0.1, 0.15) is 0 Å². The van der Waals surface area contributed by atoms with Crippen LogP contribution in [0.1, 0.15) is 37.3 Å². The molecule has 3 N–H and O–H groups in total. The lowest BCUT2D eigenvalue weighted by molar-refractivity contribution is -0.141. The average molecular weight is 260 g/mol. The summed E-state index contributed by atoms with van der Waals surface area (Å²) in [7, 11) is 0. The molecule has 0 saturated heterocycles. The van der Waals surface area contributed by atoms with Crippen molar-refractivity contribution >= 4 is 11.7 Å². The molecule has 0 aliphatic heterocycles. The third-order valence-electron chi connectivity index (χ3n) is 3.76. The first-order valence-electron chi connectivity index (χ1n) is 6.67. The predicted molar refractivity (Wildman–Crippen MR) is 74.5 cm³/mol. The normalized spacial score (nSPS) is 22.4. The second-order valence-electron chi connectivity index (χ2n) is 5.25. The number of nitrogens with one attached hydrogen (secondary N) is 2. The zero-order valence-corrected chi connectivity index (χ0v) is 11.1. The van der Waals surface area contributed by atoms with E-state index in [1.54, 1.807) is 6.92 Å². The minimum absolute atomic E-state index is 0.180. The molecule has 1 aromatic carbocycles. The zero-order valence-electron chi connectivity index (χ0n) is 11.1. The van der Waals surface area contributed by atoms with Gasteiger partial charge in [-0.2, -0.15) is 0 Å². The van der Waals surface area contributed by atoms with Gasteiger partial charge in [-0.3, -0.25) is 4.79 Å². The van der Waals surface area contributed by atoms with Crippen molar-refractivity contribution in [2.45, 2.75) is 38.8 Å². The molecule has 2 atom stereocenters. The Bertz CT molecular complexity index is 468. The molecule has 4 heteroatoms. The van der Waals surface area contributed by atoms with Crippen LogP contribution in [-0.4, -0.2) is 22.8 Å². The topological polar surface area (TPSA) is 73.2 Å². The zero-order chi connectivity index (χ0) is 13.8. The van der Waals surface area contributed by atoms with Crippen LogP contribution in [0.2, 0.25) is 0 Å². The van der Waals surface area contributed by atoms with Crippen molar-refractivity contribution in [1.29, 1.82) is 5.41 Å². The van der Waals surface area contributed by atoms with Crippen molar-refractivity contribution in [1.82, 2.24) is 5.32 Å². The molecule has 0 aromatic heterocycles. The summed E-state index contributed by atoms with van der Waals surface area (Å²) < 4.78 is 0. The molecular weight excluding hydrogens is 240 g/mol. The van der Waals surface area contributed by atoms with Gasteiger partial charge in [-0.1, -0.05) is 24.3 Å². The van der Waals surface area contributed by atoms with E-state index in [-0.39, 0.29) is 5.92 Å². The minimum atomic E-state index is -0.671. The van der Waals surface area contributed by atoms with E-state index in [2.05, 4.69) is 5.32 Å². The molecule has 102 valence electrons. The maximum absolute atomic E-state index is 10.9. The molecule has 0 spiro atoms. The number of carboxylic acids is 1. The number of carboxylic acid groups (broad SMARTS) is 1. The third kappa shape index (κ3) is 3.64. The average Bonchev–Trinajstić information content (AvgIpc) is 2.86. The maximum atomic E-state index is 10.9. The SMILES string of the molecule is CC(=N)c1ccc(CNC2CCC(C(=O)O)C2)cc1. The molecule has 0 heterocycles. The molecule has 19 heavy (non-hydrogen) atoms. The van der Waals surface area contributed by atoms with E-state index in [1.165, 1.54) is 5.56 Å². The van der Waals surface area contributed by atoms with E-state index >= 15 is 0 Å². The molecule has 0 amide bonds. The number of hydrogen-bond acceptors (Lipinski definition) is 3. The Morgan fingerprint density at radius 1 is 1.37 bits per heavy atom. The highest BCUT2D eigenvalue weighted by molar-refractivity contribution is 5.96. The number of carbonyl (C=O) groups is 1. The fourth-order valence-corrected chi connectivity index (χ4v) is 2.53. The van der Waals surface area contributed by atoms with Crippen LogP contribution in [0.4, 0.5) is 0 Å². The minimum Gasteiger partial charge on any atom is -0.481 e. The van der Waals surface area contributed by atoms with E-state index < -0.39 is 5.97 Å². The van der Waals surface area contributed by atoms with Gasteiger partial charge in [-0.25, -0.2) is 0 Å². The molecule has 2 unspecified atom stereocenters. The number of hydrogen-bond donors (Lipinski definition) is 3. The molecule has 1 fully saturated rings. The Morgan fingerprint density at radius 2 is 2.05 bits per heavy atom. The van der Waals surface area contributed by atoms with Crippen LogP contribution < -0.4 is 5.32 Å². The van der Waals surface area contributed by atoms with Crippen molar-refractivity contribution < 1.29 is 9.90 Å². The molecule has 0 radical (unpaired) electrons. The Hall–Kier alpha value is -1.68.